The molecule has 3 nitrogen and oxygen atoms in total. The van der Waals surface area contributed by atoms with Gasteiger partial charge in [-0.2, -0.15) is 0 Å². The molecule has 0 amide bonds. The summed E-state index contributed by atoms with van der Waals surface area (Å²) in [6, 6.07) is 9.80. The van der Waals surface area contributed by atoms with Crippen LogP contribution in [0.4, 0.5) is 5.69 Å². The van der Waals surface area contributed by atoms with E-state index in [2.05, 4.69) is 4.98 Å². The predicted octanol–water partition coefficient (Wildman–Crippen LogP) is 2.35. The molecular weight excluding hydrogens is 220 g/mol. The summed E-state index contributed by atoms with van der Waals surface area (Å²) in [5, 5.41) is 0. The minimum absolute atomic E-state index is 0.242. The van der Waals surface area contributed by atoms with Gasteiger partial charge in [0.05, 0.1) is 5.69 Å². The number of H-pyrrole nitrogens is 1. The molecule has 3 N–H and O–H groups in total. The summed E-state index contributed by atoms with van der Waals surface area (Å²) in [5.41, 5.74) is 7.53. The topological polar surface area (TPSA) is 58.9 Å². The number of benzene rings is 1. The molecule has 82 valence electrons. The number of nitrogens with two attached hydrogens (primary N) is 1. The number of pyridine rings is 1. The molecule has 0 unspecified atom stereocenters. The maximum absolute atomic E-state index is 11.1. The average molecular weight is 232 g/mol. The third-order valence-corrected chi connectivity index (χ3v) is 3.10. The normalized spacial score (nSPS) is 10.3. The SMILES string of the molecule is CSc1ccc(-c2c[nH]c(=O)c(N)c2)cc1. The number of anilines is 1. The number of aromatic nitrogens is 1. The lowest BCUT2D eigenvalue weighted by Crippen LogP contribution is -2.10. The van der Waals surface area contributed by atoms with E-state index in [4.69, 9.17) is 5.73 Å². The molecule has 0 radical (unpaired) electrons. The molecule has 16 heavy (non-hydrogen) atoms. The summed E-state index contributed by atoms with van der Waals surface area (Å²) in [4.78, 5) is 14.9. The van der Waals surface area contributed by atoms with Gasteiger partial charge >= 0.3 is 0 Å². The van der Waals surface area contributed by atoms with Crippen molar-refractivity contribution in [3.63, 3.8) is 0 Å². The quantitative estimate of drug-likeness (QED) is 0.781. The fourth-order valence-corrected chi connectivity index (χ4v) is 1.86. The Labute approximate surface area is 97.7 Å². The van der Waals surface area contributed by atoms with Crippen LogP contribution in [0.15, 0.2) is 46.2 Å². The number of nitrogen functional groups attached to an aromatic ring is 1. The van der Waals surface area contributed by atoms with E-state index in [9.17, 15) is 4.79 Å². The molecule has 0 atom stereocenters. The number of rotatable bonds is 2. The van der Waals surface area contributed by atoms with E-state index < -0.39 is 0 Å². The number of thioether (sulfide) groups is 1. The van der Waals surface area contributed by atoms with Crippen molar-refractivity contribution >= 4 is 17.4 Å². The Hall–Kier alpha value is -1.68. The van der Waals surface area contributed by atoms with Gasteiger partial charge in [-0.05, 0) is 30.0 Å². The zero-order chi connectivity index (χ0) is 11.5. The van der Waals surface area contributed by atoms with Crippen molar-refractivity contribution in [1.29, 1.82) is 0 Å². The van der Waals surface area contributed by atoms with E-state index in [1.54, 1.807) is 24.0 Å². The van der Waals surface area contributed by atoms with Crippen molar-refractivity contribution in [2.24, 2.45) is 0 Å². The van der Waals surface area contributed by atoms with Gasteiger partial charge in [-0.1, -0.05) is 12.1 Å². The largest absolute Gasteiger partial charge is 0.394 e. The molecule has 1 aromatic heterocycles. The average Bonchev–Trinajstić information content (AvgIpc) is 2.33. The second-order valence-electron chi connectivity index (χ2n) is 3.40. The van der Waals surface area contributed by atoms with Crippen LogP contribution in [0, 0.1) is 0 Å². The van der Waals surface area contributed by atoms with Crippen LogP contribution in [0.3, 0.4) is 0 Å². The van der Waals surface area contributed by atoms with Crippen LogP contribution in [-0.2, 0) is 0 Å². The monoisotopic (exact) mass is 232 g/mol. The van der Waals surface area contributed by atoms with Gasteiger partial charge in [0.1, 0.15) is 0 Å². The molecule has 0 aliphatic heterocycles. The Bertz CT molecular complexity index is 546. The van der Waals surface area contributed by atoms with Gasteiger partial charge in [0, 0.05) is 16.7 Å². The summed E-state index contributed by atoms with van der Waals surface area (Å²) in [5.74, 6) is 0. The number of hydrogen-bond acceptors (Lipinski definition) is 3. The lowest BCUT2D eigenvalue weighted by Gasteiger charge is -2.03. The Morgan fingerprint density at radius 1 is 1.19 bits per heavy atom. The van der Waals surface area contributed by atoms with Gasteiger partial charge in [0.2, 0.25) is 0 Å². The Morgan fingerprint density at radius 3 is 2.44 bits per heavy atom. The number of nitrogens with one attached hydrogen (secondary N) is 1. The van der Waals surface area contributed by atoms with Crippen molar-refractivity contribution in [2.45, 2.75) is 4.90 Å². The Morgan fingerprint density at radius 2 is 1.88 bits per heavy atom. The van der Waals surface area contributed by atoms with Crippen LogP contribution >= 0.6 is 11.8 Å². The number of hydrogen-bond donors (Lipinski definition) is 2. The molecule has 1 heterocycles. The molecule has 0 aliphatic carbocycles. The summed E-state index contributed by atoms with van der Waals surface area (Å²) < 4.78 is 0. The second kappa shape index (κ2) is 4.45. The molecule has 0 saturated heterocycles. The van der Waals surface area contributed by atoms with Gasteiger partial charge in [-0.3, -0.25) is 4.79 Å². The van der Waals surface area contributed by atoms with Crippen LogP contribution < -0.4 is 11.3 Å². The first-order chi connectivity index (χ1) is 7.70. The smallest absolute Gasteiger partial charge is 0.271 e. The van der Waals surface area contributed by atoms with Gasteiger partial charge in [0.25, 0.3) is 5.56 Å². The van der Waals surface area contributed by atoms with E-state index in [1.807, 2.05) is 30.5 Å². The van der Waals surface area contributed by atoms with Crippen LogP contribution in [0.1, 0.15) is 0 Å². The lowest BCUT2D eigenvalue weighted by atomic mass is 10.1. The minimum Gasteiger partial charge on any atom is -0.394 e. The van der Waals surface area contributed by atoms with E-state index in [0.717, 1.165) is 11.1 Å². The molecule has 0 aliphatic rings. The lowest BCUT2D eigenvalue weighted by molar-refractivity contribution is 1.24. The van der Waals surface area contributed by atoms with Gasteiger partial charge in [-0.15, -0.1) is 11.8 Å². The molecule has 1 aromatic carbocycles. The van der Waals surface area contributed by atoms with Crippen molar-refractivity contribution < 1.29 is 0 Å². The first-order valence-corrected chi connectivity index (χ1v) is 6.06. The van der Waals surface area contributed by atoms with Crippen LogP contribution in [-0.4, -0.2) is 11.2 Å². The molecule has 0 fully saturated rings. The van der Waals surface area contributed by atoms with E-state index in [1.165, 1.54) is 4.90 Å². The fourth-order valence-electron chi connectivity index (χ4n) is 1.45. The van der Waals surface area contributed by atoms with Crippen molar-refractivity contribution in [3.8, 4) is 11.1 Å². The highest BCUT2D eigenvalue weighted by Gasteiger charge is 2.00. The summed E-state index contributed by atoms with van der Waals surface area (Å²) in [6.45, 7) is 0. The van der Waals surface area contributed by atoms with Gasteiger partial charge < -0.3 is 10.7 Å². The van der Waals surface area contributed by atoms with Gasteiger partial charge in [0.15, 0.2) is 0 Å². The maximum Gasteiger partial charge on any atom is 0.271 e. The van der Waals surface area contributed by atoms with Crippen molar-refractivity contribution in [3.05, 3.63) is 46.9 Å². The van der Waals surface area contributed by atoms with Crippen molar-refractivity contribution in [2.75, 3.05) is 12.0 Å². The third-order valence-electron chi connectivity index (χ3n) is 2.36. The van der Waals surface area contributed by atoms with Crippen LogP contribution in [0.5, 0.6) is 0 Å². The molecule has 2 aromatic rings. The first-order valence-electron chi connectivity index (χ1n) is 4.83. The molecule has 0 saturated carbocycles. The van der Waals surface area contributed by atoms with Gasteiger partial charge in [-0.25, -0.2) is 0 Å². The Kier molecular flexibility index (Phi) is 3.01. The van der Waals surface area contributed by atoms with Crippen LogP contribution in [0.25, 0.3) is 11.1 Å². The summed E-state index contributed by atoms with van der Waals surface area (Å²) in [6.07, 6.45) is 3.71. The van der Waals surface area contributed by atoms with Crippen molar-refractivity contribution in [1.82, 2.24) is 4.98 Å². The fraction of sp³-hybridized carbons (Fsp3) is 0.0833. The zero-order valence-electron chi connectivity index (χ0n) is 8.86. The molecule has 0 bridgehead atoms. The molecule has 4 heteroatoms. The highest BCUT2D eigenvalue weighted by atomic mass is 32.2. The number of aromatic amines is 1. The minimum atomic E-state index is -0.246. The molecular formula is C12H12N2OS. The van der Waals surface area contributed by atoms with E-state index in [-0.39, 0.29) is 11.2 Å². The summed E-state index contributed by atoms with van der Waals surface area (Å²) >= 11 is 1.70. The van der Waals surface area contributed by atoms with E-state index in [0.29, 0.717) is 0 Å². The highest BCUT2D eigenvalue weighted by Crippen LogP contribution is 2.22. The molecule has 2 rings (SSSR count). The van der Waals surface area contributed by atoms with E-state index >= 15 is 0 Å². The van der Waals surface area contributed by atoms with Crippen LogP contribution in [0.2, 0.25) is 0 Å². The zero-order valence-corrected chi connectivity index (χ0v) is 9.67. The second-order valence-corrected chi connectivity index (χ2v) is 4.28. The predicted molar refractivity (Wildman–Crippen MR) is 68.7 cm³/mol. The Balaban J connectivity index is 2.42. The first kappa shape index (κ1) is 10.8. The third kappa shape index (κ3) is 2.12. The highest BCUT2D eigenvalue weighted by molar-refractivity contribution is 7.98. The summed E-state index contributed by atoms with van der Waals surface area (Å²) in [7, 11) is 0. The maximum atomic E-state index is 11.1. The molecule has 0 spiro atoms. The standard InChI is InChI=1S/C12H12N2OS/c1-16-10-4-2-8(3-5-10)9-6-11(13)12(15)14-7-9/h2-7H,13H2,1H3,(H,14,15).